The van der Waals surface area contributed by atoms with Crippen molar-refractivity contribution in [2.24, 2.45) is 11.8 Å². The van der Waals surface area contributed by atoms with Gasteiger partial charge in [-0.15, -0.1) is 0 Å². The fraction of sp³-hybridized carbons (Fsp3) is 0.455. The van der Waals surface area contributed by atoms with Crippen molar-refractivity contribution >= 4 is 19.7 Å². The quantitative estimate of drug-likeness (QED) is 0.759. The molecule has 2 unspecified atom stereocenters. The molecule has 3 saturated carbocycles. The maximum Gasteiger partial charge on any atom is 0.185 e. The van der Waals surface area contributed by atoms with Gasteiger partial charge in [-0.25, -0.2) is 16.8 Å². The summed E-state index contributed by atoms with van der Waals surface area (Å²) in [7, 11) is -7.50. The van der Waals surface area contributed by atoms with Gasteiger partial charge in [0.1, 0.15) is 9.49 Å². The Labute approximate surface area is 166 Å². The van der Waals surface area contributed by atoms with E-state index in [1.165, 1.54) is 0 Å². The molecule has 28 heavy (non-hydrogen) atoms. The Bertz CT molecular complexity index is 1070. The smallest absolute Gasteiger partial charge is 0.185 e. The number of hydrogen-bond acceptors (Lipinski definition) is 4. The van der Waals surface area contributed by atoms with E-state index in [0.717, 1.165) is 24.0 Å². The minimum atomic E-state index is -3.75. The van der Waals surface area contributed by atoms with Crippen LogP contribution >= 0.6 is 0 Å². The van der Waals surface area contributed by atoms with E-state index < -0.39 is 29.2 Å². The van der Waals surface area contributed by atoms with E-state index in [-0.39, 0.29) is 21.6 Å². The minimum Gasteiger partial charge on any atom is -0.223 e. The van der Waals surface area contributed by atoms with Gasteiger partial charge in [-0.1, -0.05) is 35.4 Å². The molecule has 0 spiro atoms. The highest BCUT2D eigenvalue weighted by Gasteiger charge is 2.88. The number of sulfone groups is 2. The number of rotatable bonds is 4. The summed E-state index contributed by atoms with van der Waals surface area (Å²) in [4.78, 5) is 0.512. The lowest BCUT2D eigenvalue weighted by atomic mass is 9.38. The first-order valence-corrected chi connectivity index (χ1v) is 12.8. The van der Waals surface area contributed by atoms with Crippen LogP contribution in [-0.4, -0.2) is 26.3 Å². The minimum absolute atomic E-state index is 0.0345. The lowest BCUT2D eigenvalue weighted by Crippen LogP contribution is -2.88. The second-order valence-electron chi connectivity index (χ2n) is 8.70. The maximum atomic E-state index is 13.8. The maximum absolute atomic E-state index is 13.8. The third-order valence-electron chi connectivity index (χ3n) is 7.68. The first-order chi connectivity index (χ1) is 13.2. The predicted octanol–water partition coefficient (Wildman–Crippen LogP) is 3.86. The molecule has 3 aliphatic rings. The highest BCUT2D eigenvalue weighted by Crippen LogP contribution is 2.79. The first-order valence-electron chi connectivity index (χ1n) is 9.81. The van der Waals surface area contributed by atoms with E-state index >= 15 is 0 Å². The fourth-order valence-electron chi connectivity index (χ4n) is 6.13. The Hall–Kier alpha value is -1.66. The topological polar surface area (TPSA) is 68.3 Å². The lowest BCUT2D eigenvalue weighted by molar-refractivity contribution is -0.118. The van der Waals surface area contributed by atoms with Crippen molar-refractivity contribution in [3.63, 3.8) is 0 Å². The zero-order valence-electron chi connectivity index (χ0n) is 16.1. The van der Waals surface area contributed by atoms with Crippen molar-refractivity contribution in [2.75, 3.05) is 0 Å². The first kappa shape index (κ1) is 18.4. The average Bonchev–Trinajstić information content (AvgIpc) is 2.61. The highest BCUT2D eigenvalue weighted by molar-refractivity contribution is 7.97. The van der Waals surface area contributed by atoms with Gasteiger partial charge in [0.15, 0.2) is 19.7 Å². The summed E-state index contributed by atoms with van der Waals surface area (Å²) in [5, 5.41) is 0. The summed E-state index contributed by atoms with van der Waals surface area (Å²) >= 11 is 0. The van der Waals surface area contributed by atoms with E-state index in [0.29, 0.717) is 12.8 Å². The van der Waals surface area contributed by atoms with Crippen LogP contribution in [0.4, 0.5) is 0 Å². The molecule has 3 fully saturated rings. The zero-order chi connectivity index (χ0) is 19.9. The molecule has 2 aromatic carbocycles. The van der Waals surface area contributed by atoms with Crippen LogP contribution in [0, 0.1) is 25.7 Å². The van der Waals surface area contributed by atoms with Gasteiger partial charge in [-0.3, -0.25) is 0 Å². The molecule has 4 nitrogen and oxygen atoms in total. The van der Waals surface area contributed by atoms with E-state index in [1.807, 2.05) is 13.8 Å². The molecular weight excluding hydrogens is 392 g/mol. The van der Waals surface area contributed by atoms with Gasteiger partial charge in [0, 0.05) is 0 Å². The summed E-state index contributed by atoms with van der Waals surface area (Å²) < 4.78 is 52.8. The highest BCUT2D eigenvalue weighted by atomic mass is 32.2. The SMILES string of the molecule is Cc1ccc(S(=O)(=O)[C@@]23CCC2C2CC[C@]23S(=O)(=O)c2ccc(C)cc2)cc1. The molecule has 0 heterocycles. The van der Waals surface area contributed by atoms with Crippen LogP contribution in [0.5, 0.6) is 0 Å². The normalized spacial score (nSPS) is 33.6. The molecule has 0 aliphatic heterocycles. The van der Waals surface area contributed by atoms with Crippen LogP contribution in [0.25, 0.3) is 0 Å². The van der Waals surface area contributed by atoms with Gasteiger partial charge >= 0.3 is 0 Å². The van der Waals surface area contributed by atoms with E-state index in [1.54, 1.807) is 48.5 Å². The van der Waals surface area contributed by atoms with Crippen molar-refractivity contribution in [1.29, 1.82) is 0 Å². The monoisotopic (exact) mass is 416 g/mol. The van der Waals surface area contributed by atoms with Crippen LogP contribution < -0.4 is 0 Å². The van der Waals surface area contributed by atoms with Crippen LogP contribution in [-0.2, 0) is 19.7 Å². The average molecular weight is 417 g/mol. The molecule has 4 atom stereocenters. The van der Waals surface area contributed by atoms with Crippen molar-refractivity contribution in [3.05, 3.63) is 59.7 Å². The molecule has 6 heteroatoms. The largest absolute Gasteiger partial charge is 0.223 e. The molecule has 0 saturated heterocycles. The standard InChI is InChI=1S/C22H24O4S2/c1-15-3-7-17(8-4-15)27(23,24)21-13-11-19(21)20-12-14-22(20,21)28(25,26)18-9-5-16(2)6-10-18/h3-10,19-20H,11-14H2,1-2H3/t19?,20?,21-,22-/m0/s1. The molecule has 3 aliphatic carbocycles. The van der Waals surface area contributed by atoms with Crippen molar-refractivity contribution in [2.45, 2.75) is 58.8 Å². The van der Waals surface area contributed by atoms with Gasteiger partial charge in [0.25, 0.3) is 0 Å². The third kappa shape index (κ3) is 1.82. The zero-order valence-corrected chi connectivity index (χ0v) is 17.7. The molecule has 0 aromatic heterocycles. The summed E-state index contributed by atoms with van der Waals surface area (Å²) in [5.41, 5.74) is 1.97. The van der Waals surface area contributed by atoms with Gasteiger partial charge in [-0.2, -0.15) is 0 Å². The Morgan fingerprint density at radius 1 is 0.643 bits per heavy atom. The number of aryl methyl sites for hydroxylation is 2. The molecule has 0 amide bonds. The van der Waals surface area contributed by atoms with E-state index in [2.05, 4.69) is 0 Å². The van der Waals surface area contributed by atoms with Gasteiger partial charge in [0.05, 0.1) is 9.79 Å². The predicted molar refractivity (Wildman–Crippen MR) is 108 cm³/mol. The summed E-state index contributed by atoms with van der Waals surface area (Å²) in [6.07, 6.45) is 2.49. The molecule has 148 valence electrons. The molecule has 0 N–H and O–H groups in total. The van der Waals surface area contributed by atoms with Crippen LogP contribution in [0.3, 0.4) is 0 Å². The van der Waals surface area contributed by atoms with Crippen LogP contribution in [0.15, 0.2) is 58.3 Å². The second-order valence-corrected chi connectivity index (χ2v) is 13.1. The van der Waals surface area contributed by atoms with Gasteiger partial charge in [-0.05, 0) is 75.6 Å². The number of hydrogen-bond donors (Lipinski definition) is 0. The van der Waals surface area contributed by atoms with Gasteiger partial charge in [0.2, 0.25) is 0 Å². The summed E-state index contributed by atoms with van der Waals surface area (Å²) in [6.45, 7) is 3.82. The second kappa shape index (κ2) is 5.48. The van der Waals surface area contributed by atoms with Crippen molar-refractivity contribution < 1.29 is 16.8 Å². The Balaban J connectivity index is 1.68. The Morgan fingerprint density at radius 2 is 0.964 bits per heavy atom. The van der Waals surface area contributed by atoms with Crippen LogP contribution in [0.1, 0.15) is 36.8 Å². The molecule has 2 aromatic rings. The van der Waals surface area contributed by atoms with E-state index in [4.69, 9.17) is 0 Å². The van der Waals surface area contributed by atoms with Crippen molar-refractivity contribution in [3.8, 4) is 0 Å². The molecule has 0 bridgehead atoms. The Morgan fingerprint density at radius 3 is 1.21 bits per heavy atom. The van der Waals surface area contributed by atoms with E-state index in [9.17, 15) is 16.8 Å². The van der Waals surface area contributed by atoms with Crippen LogP contribution in [0.2, 0.25) is 0 Å². The number of fused-ring (bicyclic) bond motifs is 4. The Kier molecular flexibility index (Phi) is 3.60. The number of benzene rings is 2. The third-order valence-corrected chi connectivity index (χ3v) is 13.3. The molecule has 0 radical (unpaired) electrons. The summed E-state index contributed by atoms with van der Waals surface area (Å²) in [5.74, 6) is -0.0689. The van der Waals surface area contributed by atoms with Crippen molar-refractivity contribution in [1.82, 2.24) is 0 Å². The molecule has 5 rings (SSSR count). The lowest BCUT2D eigenvalue weighted by Gasteiger charge is -2.78. The fourth-order valence-corrected chi connectivity index (χ4v) is 12.2. The van der Waals surface area contributed by atoms with Gasteiger partial charge < -0.3 is 0 Å². The molecular formula is C22H24O4S2. The summed E-state index contributed by atoms with van der Waals surface area (Å²) in [6, 6.07) is 13.7.